The molecule has 1 aromatic carbocycles. The summed E-state index contributed by atoms with van der Waals surface area (Å²) in [6.07, 6.45) is 4.00. The number of hydrogen-bond donors (Lipinski definition) is 1. The van der Waals surface area contributed by atoms with Gasteiger partial charge in [-0.1, -0.05) is 34.1 Å². The maximum absolute atomic E-state index is 3.70. The Morgan fingerprint density at radius 1 is 1.22 bits per heavy atom. The highest BCUT2D eigenvalue weighted by atomic mass is 79.9. The van der Waals surface area contributed by atoms with Crippen molar-refractivity contribution >= 4 is 15.9 Å². The van der Waals surface area contributed by atoms with Crippen LogP contribution in [0.25, 0.3) is 0 Å². The molecule has 0 aliphatic rings. The molecule has 0 saturated heterocycles. The van der Waals surface area contributed by atoms with Gasteiger partial charge in [-0.2, -0.15) is 0 Å². The van der Waals surface area contributed by atoms with E-state index in [0.717, 1.165) is 24.1 Å². The summed E-state index contributed by atoms with van der Waals surface area (Å²) in [5, 5.41) is 3.33. The number of hydrogen-bond acceptors (Lipinski definition) is 1. The quantitative estimate of drug-likeness (QED) is 0.638. The van der Waals surface area contributed by atoms with Crippen LogP contribution in [-0.2, 0) is 13.1 Å². The van der Waals surface area contributed by atoms with E-state index < -0.39 is 0 Å². The van der Waals surface area contributed by atoms with Crippen molar-refractivity contribution in [3.63, 3.8) is 0 Å². The minimum absolute atomic E-state index is 0.837. The maximum Gasteiger partial charge on any atom is 0.0473 e. The van der Waals surface area contributed by atoms with Crippen LogP contribution in [0.15, 0.2) is 59.7 Å². The van der Waals surface area contributed by atoms with Crippen molar-refractivity contribution < 1.29 is 0 Å². The monoisotopic (exact) mass is 304 g/mol. The number of nitrogens with zero attached hydrogens (tertiary/aromatic N) is 1. The topological polar surface area (TPSA) is 17.0 Å². The molecule has 0 saturated carbocycles. The standard InChI is InChI=1S/C15H17BrN2/c1-2-9-17-11-15-4-3-10-18(15)12-13-5-7-14(16)8-6-13/h2-8,10,17H,1,9,11-12H2. The Morgan fingerprint density at radius 3 is 2.72 bits per heavy atom. The molecule has 3 heteroatoms. The van der Waals surface area contributed by atoms with E-state index in [1.54, 1.807) is 0 Å². The number of halogens is 1. The zero-order valence-electron chi connectivity index (χ0n) is 10.3. The van der Waals surface area contributed by atoms with Gasteiger partial charge in [0.15, 0.2) is 0 Å². The van der Waals surface area contributed by atoms with Crippen LogP contribution >= 0.6 is 15.9 Å². The maximum atomic E-state index is 3.70. The van der Waals surface area contributed by atoms with Crippen LogP contribution in [0.1, 0.15) is 11.3 Å². The van der Waals surface area contributed by atoms with Crippen molar-refractivity contribution in [3.8, 4) is 0 Å². The highest BCUT2D eigenvalue weighted by Gasteiger charge is 2.01. The lowest BCUT2D eigenvalue weighted by Gasteiger charge is -2.10. The molecule has 1 heterocycles. The van der Waals surface area contributed by atoms with Crippen molar-refractivity contribution in [1.29, 1.82) is 0 Å². The van der Waals surface area contributed by atoms with E-state index in [1.807, 2.05) is 6.08 Å². The van der Waals surface area contributed by atoms with E-state index in [9.17, 15) is 0 Å². The van der Waals surface area contributed by atoms with Crippen LogP contribution in [-0.4, -0.2) is 11.1 Å². The lowest BCUT2D eigenvalue weighted by atomic mass is 10.2. The molecular formula is C15H17BrN2. The zero-order valence-corrected chi connectivity index (χ0v) is 11.9. The van der Waals surface area contributed by atoms with E-state index in [-0.39, 0.29) is 0 Å². The molecule has 1 N–H and O–H groups in total. The normalized spacial score (nSPS) is 10.5. The molecule has 0 aliphatic heterocycles. The number of nitrogens with one attached hydrogen (secondary N) is 1. The molecule has 0 fully saturated rings. The Balaban J connectivity index is 2.02. The van der Waals surface area contributed by atoms with E-state index in [1.165, 1.54) is 11.3 Å². The molecule has 2 rings (SSSR count). The summed E-state index contributed by atoms with van der Waals surface area (Å²) >= 11 is 3.45. The molecule has 0 amide bonds. The van der Waals surface area contributed by atoms with Crippen molar-refractivity contribution in [2.75, 3.05) is 6.54 Å². The number of aromatic nitrogens is 1. The van der Waals surface area contributed by atoms with Gasteiger partial charge in [-0.15, -0.1) is 6.58 Å². The van der Waals surface area contributed by atoms with Crippen LogP contribution in [0.5, 0.6) is 0 Å². The van der Waals surface area contributed by atoms with Gasteiger partial charge in [0.2, 0.25) is 0 Å². The Kier molecular flexibility index (Phi) is 4.79. The van der Waals surface area contributed by atoms with Crippen LogP contribution < -0.4 is 5.32 Å². The first kappa shape index (κ1) is 13.1. The molecule has 0 atom stereocenters. The number of rotatable bonds is 6. The first-order valence-corrected chi connectivity index (χ1v) is 6.79. The van der Waals surface area contributed by atoms with Crippen LogP contribution in [0.3, 0.4) is 0 Å². The van der Waals surface area contributed by atoms with E-state index in [0.29, 0.717) is 0 Å². The Bertz CT molecular complexity index is 499. The van der Waals surface area contributed by atoms with Gasteiger partial charge in [0, 0.05) is 36.0 Å². The molecule has 18 heavy (non-hydrogen) atoms. The lowest BCUT2D eigenvalue weighted by molar-refractivity contribution is 0.672. The fraction of sp³-hybridized carbons (Fsp3) is 0.200. The Hall–Kier alpha value is -1.32. The first-order chi connectivity index (χ1) is 8.79. The lowest BCUT2D eigenvalue weighted by Crippen LogP contribution is -2.16. The fourth-order valence-corrected chi connectivity index (χ4v) is 2.12. The predicted molar refractivity (Wildman–Crippen MR) is 79.6 cm³/mol. The third kappa shape index (κ3) is 3.59. The summed E-state index contributed by atoms with van der Waals surface area (Å²) in [6, 6.07) is 12.7. The first-order valence-electron chi connectivity index (χ1n) is 5.99. The van der Waals surface area contributed by atoms with Gasteiger partial charge < -0.3 is 9.88 Å². The molecule has 0 unspecified atom stereocenters. The second-order valence-corrected chi connectivity index (χ2v) is 5.09. The summed E-state index contributed by atoms with van der Waals surface area (Å²) in [6.45, 7) is 6.32. The zero-order chi connectivity index (χ0) is 12.8. The molecular weight excluding hydrogens is 288 g/mol. The molecule has 0 spiro atoms. The van der Waals surface area contributed by atoms with Crippen molar-refractivity contribution in [3.05, 3.63) is 71.0 Å². The molecule has 0 radical (unpaired) electrons. The van der Waals surface area contributed by atoms with Crippen LogP contribution in [0.4, 0.5) is 0 Å². The smallest absolute Gasteiger partial charge is 0.0473 e. The highest BCUT2D eigenvalue weighted by Crippen LogP contribution is 2.13. The summed E-state index contributed by atoms with van der Waals surface area (Å²) in [5.41, 5.74) is 2.60. The molecule has 0 aliphatic carbocycles. The second-order valence-electron chi connectivity index (χ2n) is 4.17. The van der Waals surface area contributed by atoms with Gasteiger partial charge in [0.1, 0.15) is 0 Å². The summed E-state index contributed by atoms with van der Waals surface area (Å²) in [4.78, 5) is 0. The van der Waals surface area contributed by atoms with Crippen LogP contribution in [0, 0.1) is 0 Å². The van der Waals surface area contributed by atoms with Crippen molar-refractivity contribution in [2.24, 2.45) is 0 Å². The fourth-order valence-electron chi connectivity index (χ4n) is 1.85. The highest BCUT2D eigenvalue weighted by molar-refractivity contribution is 9.10. The SMILES string of the molecule is C=CCNCc1cccn1Cc1ccc(Br)cc1. The predicted octanol–water partition coefficient (Wildman–Crippen LogP) is 3.57. The van der Waals surface area contributed by atoms with E-state index >= 15 is 0 Å². The average Bonchev–Trinajstić information content (AvgIpc) is 2.80. The van der Waals surface area contributed by atoms with E-state index in [2.05, 4.69) is 75.0 Å². The van der Waals surface area contributed by atoms with Crippen molar-refractivity contribution in [1.82, 2.24) is 9.88 Å². The van der Waals surface area contributed by atoms with Gasteiger partial charge in [0.05, 0.1) is 0 Å². The van der Waals surface area contributed by atoms with Gasteiger partial charge >= 0.3 is 0 Å². The largest absolute Gasteiger partial charge is 0.346 e. The van der Waals surface area contributed by atoms with Gasteiger partial charge in [-0.05, 0) is 29.8 Å². The third-order valence-corrected chi connectivity index (χ3v) is 3.31. The molecule has 2 nitrogen and oxygen atoms in total. The van der Waals surface area contributed by atoms with Gasteiger partial charge in [-0.3, -0.25) is 0 Å². The number of benzene rings is 1. The Labute approximate surface area is 116 Å². The summed E-state index contributed by atoms with van der Waals surface area (Å²) < 4.78 is 3.38. The minimum atomic E-state index is 0.837. The summed E-state index contributed by atoms with van der Waals surface area (Å²) in [7, 11) is 0. The van der Waals surface area contributed by atoms with Gasteiger partial charge in [-0.25, -0.2) is 0 Å². The Morgan fingerprint density at radius 2 is 2.00 bits per heavy atom. The third-order valence-electron chi connectivity index (χ3n) is 2.78. The molecule has 0 bridgehead atoms. The molecule has 1 aromatic heterocycles. The van der Waals surface area contributed by atoms with Crippen LogP contribution in [0.2, 0.25) is 0 Å². The molecule has 94 valence electrons. The van der Waals surface area contributed by atoms with Crippen molar-refractivity contribution in [2.45, 2.75) is 13.1 Å². The van der Waals surface area contributed by atoms with Gasteiger partial charge in [0.25, 0.3) is 0 Å². The second kappa shape index (κ2) is 6.57. The average molecular weight is 305 g/mol. The summed E-state index contributed by atoms with van der Waals surface area (Å²) in [5.74, 6) is 0. The minimum Gasteiger partial charge on any atom is -0.346 e. The van der Waals surface area contributed by atoms with E-state index in [4.69, 9.17) is 0 Å². The molecule has 2 aromatic rings.